The average Bonchev–Trinajstić information content (AvgIpc) is 3.89. The Bertz CT molecular complexity index is 1980. The predicted molar refractivity (Wildman–Crippen MR) is 199 cm³/mol. The Balaban J connectivity index is 0.989. The average molecular weight is 735 g/mol. The molecule has 7 rings (SSSR count). The Kier molecular flexibility index (Phi) is 10.0. The van der Waals surface area contributed by atoms with Crippen LogP contribution < -0.4 is 10.6 Å². The van der Waals surface area contributed by atoms with Crippen molar-refractivity contribution in [3.8, 4) is 11.3 Å². The topological polar surface area (TPSA) is 118 Å². The molecule has 2 aliphatic heterocycles. The van der Waals surface area contributed by atoms with Gasteiger partial charge >= 0.3 is 0 Å². The van der Waals surface area contributed by atoms with Crippen molar-refractivity contribution in [2.75, 3.05) is 23.7 Å². The minimum Gasteiger partial charge on any atom is -0.372 e. The van der Waals surface area contributed by atoms with Crippen LogP contribution >= 0.6 is 15.9 Å². The van der Waals surface area contributed by atoms with Crippen molar-refractivity contribution in [3.63, 3.8) is 0 Å². The number of aliphatic hydroxyl groups excluding tert-OH is 1. The largest absolute Gasteiger partial charge is 0.372 e. The summed E-state index contributed by atoms with van der Waals surface area (Å²) in [6, 6.07) is 32.0. The molecule has 1 aromatic heterocycles. The second-order valence-electron chi connectivity index (χ2n) is 13.1. The van der Waals surface area contributed by atoms with Crippen LogP contribution in [-0.4, -0.2) is 69.0 Å². The van der Waals surface area contributed by atoms with Gasteiger partial charge < -0.3 is 30.5 Å². The number of aliphatic hydroxyl groups is 1. The number of nitrogens with zero attached hydrogens (tertiary/aromatic N) is 2. The van der Waals surface area contributed by atoms with E-state index in [0.29, 0.717) is 31.6 Å². The van der Waals surface area contributed by atoms with Gasteiger partial charge in [-0.25, -0.2) is 0 Å². The van der Waals surface area contributed by atoms with Gasteiger partial charge in [-0.2, -0.15) is 0 Å². The third kappa shape index (κ3) is 7.32. The number of benzene rings is 4. The molecule has 4 aromatic carbocycles. The summed E-state index contributed by atoms with van der Waals surface area (Å²) >= 11 is 3.78. The van der Waals surface area contributed by atoms with Crippen molar-refractivity contribution in [3.05, 3.63) is 119 Å². The van der Waals surface area contributed by atoms with Gasteiger partial charge in [-0.3, -0.25) is 14.4 Å². The molecule has 0 saturated carbocycles. The number of rotatable bonds is 10. The minimum atomic E-state index is -0.909. The fourth-order valence-corrected chi connectivity index (χ4v) is 7.83. The molecule has 9 nitrogen and oxygen atoms in total. The van der Waals surface area contributed by atoms with E-state index in [4.69, 9.17) is 0 Å². The zero-order valence-electron chi connectivity index (χ0n) is 27.6. The van der Waals surface area contributed by atoms with E-state index in [0.717, 1.165) is 62.7 Å². The van der Waals surface area contributed by atoms with Crippen LogP contribution in [0.4, 0.5) is 11.4 Å². The lowest BCUT2D eigenvalue weighted by Crippen LogP contribution is -2.46. The fourth-order valence-electron chi connectivity index (χ4n) is 7.17. The standard InChI is InChI=1S/C40H40BrN5O4/c41-37-31-25-30(43-40(50)34-14-8-22-46(34)36(48)24-27-11-5-2-6-12-27)19-20-32(31)44-38(37)28-15-17-29(18-16-28)42-39(49)33-13-7-21-45(33)35(47)23-26-9-3-1-4-10-26/h1-6,9-12,15-20,25,33-34,40,43-44,50H,7-8,13-14,21-24H2,(H,42,49)/t33-,34-,40?/m0/s1. The Morgan fingerprint density at radius 2 is 1.38 bits per heavy atom. The van der Waals surface area contributed by atoms with Gasteiger partial charge in [0, 0.05) is 35.4 Å². The molecule has 0 aliphatic carbocycles. The highest BCUT2D eigenvalue weighted by Crippen LogP contribution is 2.37. The lowest BCUT2D eigenvalue weighted by Gasteiger charge is -2.30. The number of hydrogen-bond acceptors (Lipinski definition) is 5. The zero-order chi connectivity index (χ0) is 34.6. The number of amides is 3. The van der Waals surface area contributed by atoms with Crippen LogP contribution in [0, 0.1) is 0 Å². The van der Waals surface area contributed by atoms with Crippen LogP contribution in [0.2, 0.25) is 0 Å². The summed E-state index contributed by atoms with van der Waals surface area (Å²) in [5, 5.41) is 18.4. The first kappa shape index (κ1) is 33.6. The van der Waals surface area contributed by atoms with Crippen molar-refractivity contribution < 1.29 is 19.5 Å². The van der Waals surface area contributed by atoms with Crippen molar-refractivity contribution in [1.82, 2.24) is 14.8 Å². The number of anilines is 2. The lowest BCUT2D eigenvalue weighted by molar-refractivity contribution is -0.136. The maximum Gasteiger partial charge on any atom is 0.247 e. The second kappa shape index (κ2) is 14.9. The normalized spacial score (nSPS) is 18.0. The van der Waals surface area contributed by atoms with Crippen molar-refractivity contribution in [1.29, 1.82) is 0 Å². The molecule has 1 unspecified atom stereocenters. The number of likely N-dealkylation sites (tertiary alicyclic amines) is 2. The Labute approximate surface area is 299 Å². The molecule has 256 valence electrons. The summed E-state index contributed by atoms with van der Waals surface area (Å²) < 4.78 is 0.876. The SMILES string of the molecule is O=C(Nc1ccc(-c2[nH]c3ccc(NC(O)[C@@H]4CCCN4C(=O)Cc4ccccc4)cc3c2Br)cc1)[C@@H]1CCCN1C(=O)Cc1ccccc1. The number of nitrogens with one attached hydrogen (secondary N) is 3. The molecule has 5 aromatic rings. The van der Waals surface area contributed by atoms with Crippen LogP contribution in [-0.2, 0) is 27.2 Å². The maximum absolute atomic E-state index is 13.3. The summed E-state index contributed by atoms with van der Waals surface area (Å²) in [5.41, 5.74) is 6.06. The van der Waals surface area contributed by atoms with Gasteiger partial charge in [-0.15, -0.1) is 0 Å². The third-order valence-electron chi connectivity index (χ3n) is 9.75. The first-order chi connectivity index (χ1) is 24.3. The summed E-state index contributed by atoms with van der Waals surface area (Å²) in [6.07, 6.45) is 2.72. The first-order valence-corrected chi connectivity index (χ1v) is 18.0. The van der Waals surface area contributed by atoms with E-state index in [1.165, 1.54) is 0 Å². The molecule has 0 bridgehead atoms. The number of fused-ring (bicyclic) bond motifs is 1. The number of halogens is 1. The summed E-state index contributed by atoms with van der Waals surface area (Å²) in [6.45, 7) is 1.22. The predicted octanol–water partition coefficient (Wildman–Crippen LogP) is 6.73. The van der Waals surface area contributed by atoms with Gasteiger partial charge in [-0.05, 0) is 88.6 Å². The van der Waals surface area contributed by atoms with E-state index in [-0.39, 0.29) is 30.2 Å². The zero-order valence-corrected chi connectivity index (χ0v) is 29.2. The molecule has 3 atom stereocenters. The van der Waals surface area contributed by atoms with E-state index in [9.17, 15) is 19.5 Å². The minimum absolute atomic E-state index is 0.0213. The summed E-state index contributed by atoms with van der Waals surface area (Å²) in [5.74, 6) is -0.185. The molecule has 0 radical (unpaired) electrons. The number of aromatic amines is 1. The van der Waals surface area contributed by atoms with Crippen LogP contribution in [0.3, 0.4) is 0 Å². The Morgan fingerprint density at radius 3 is 2.06 bits per heavy atom. The van der Waals surface area contributed by atoms with Crippen molar-refractivity contribution >= 4 is 55.9 Å². The van der Waals surface area contributed by atoms with Crippen molar-refractivity contribution in [2.24, 2.45) is 0 Å². The maximum atomic E-state index is 13.3. The number of aromatic nitrogens is 1. The first-order valence-electron chi connectivity index (χ1n) is 17.2. The molecule has 4 N–H and O–H groups in total. The molecule has 3 heterocycles. The molecule has 0 spiro atoms. The van der Waals surface area contributed by atoms with Crippen LogP contribution in [0.1, 0.15) is 36.8 Å². The van der Waals surface area contributed by atoms with Crippen LogP contribution in [0.25, 0.3) is 22.2 Å². The molecule has 3 amide bonds. The number of H-pyrrole nitrogens is 1. The van der Waals surface area contributed by atoms with Crippen molar-refractivity contribution in [2.45, 2.75) is 56.8 Å². The van der Waals surface area contributed by atoms with E-state index < -0.39 is 12.3 Å². The molecule has 2 fully saturated rings. The van der Waals surface area contributed by atoms with Gasteiger partial charge in [0.25, 0.3) is 0 Å². The highest BCUT2D eigenvalue weighted by Gasteiger charge is 2.35. The summed E-state index contributed by atoms with van der Waals surface area (Å²) in [7, 11) is 0. The highest BCUT2D eigenvalue weighted by molar-refractivity contribution is 9.10. The Hall–Kier alpha value is -4.93. The van der Waals surface area contributed by atoms with Gasteiger partial charge in [-0.1, -0.05) is 72.8 Å². The van der Waals surface area contributed by atoms with Gasteiger partial charge in [0.1, 0.15) is 12.3 Å². The molecule has 50 heavy (non-hydrogen) atoms. The molecular formula is C40H40BrN5O4. The smallest absolute Gasteiger partial charge is 0.247 e. The molecule has 10 heteroatoms. The third-order valence-corrected chi connectivity index (χ3v) is 10.6. The van der Waals surface area contributed by atoms with E-state index >= 15 is 0 Å². The van der Waals surface area contributed by atoms with Crippen LogP contribution in [0.15, 0.2) is 108 Å². The highest BCUT2D eigenvalue weighted by atomic mass is 79.9. The van der Waals surface area contributed by atoms with E-state index in [1.807, 2.05) is 103 Å². The van der Waals surface area contributed by atoms with Crippen LogP contribution in [0.5, 0.6) is 0 Å². The monoisotopic (exact) mass is 733 g/mol. The van der Waals surface area contributed by atoms with E-state index in [1.54, 1.807) is 9.80 Å². The van der Waals surface area contributed by atoms with E-state index in [2.05, 4.69) is 31.5 Å². The Morgan fingerprint density at radius 1 is 0.780 bits per heavy atom. The number of carbonyl (C=O) groups is 3. The number of hydrogen-bond donors (Lipinski definition) is 4. The summed E-state index contributed by atoms with van der Waals surface area (Å²) in [4.78, 5) is 46.4. The molecule has 2 saturated heterocycles. The molecular weight excluding hydrogens is 694 g/mol. The number of carbonyl (C=O) groups excluding carboxylic acids is 3. The van der Waals surface area contributed by atoms with Gasteiger partial charge in [0.2, 0.25) is 17.7 Å². The fraction of sp³-hybridized carbons (Fsp3) is 0.275. The molecule has 2 aliphatic rings. The quantitative estimate of drug-likeness (QED) is 0.119. The second-order valence-corrected chi connectivity index (χ2v) is 13.9. The van der Waals surface area contributed by atoms with Gasteiger partial charge in [0.05, 0.1) is 29.1 Å². The lowest BCUT2D eigenvalue weighted by atomic mass is 10.1. The van der Waals surface area contributed by atoms with Gasteiger partial charge in [0.15, 0.2) is 0 Å².